The predicted octanol–water partition coefficient (Wildman–Crippen LogP) is 0.768. The highest BCUT2D eigenvalue weighted by Crippen LogP contribution is 2.07. The Morgan fingerprint density at radius 3 is 2.60 bits per heavy atom. The van der Waals surface area contributed by atoms with E-state index in [1.807, 2.05) is 25.5 Å². The number of hydrogen-bond donors (Lipinski definition) is 1. The molecule has 1 rings (SSSR count). The second-order valence-corrected chi connectivity index (χ2v) is 4.22. The van der Waals surface area contributed by atoms with E-state index in [1.54, 1.807) is 0 Å². The molecule has 0 saturated carbocycles. The van der Waals surface area contributed by atoms with Gasteiger partial charge in [-0.25, -0.2) is 0 Å². The van der Waals surface area contributed by atoms with Crippen molar-refractivity contribution in [2.24, 2.45) is 12.8 Å². The van der Waals surface area contributed by atoms with Crippen molar-refractivity contribution in [2.75, 3.05) is 6.61 Å². The Hall–Kier alpha value is -0.940. The Morgan fingerprint density at radius 2 is 2.13 bits per heavy atom. The highest BCUT2D eigenvalue weighted by Gasteiger charge is 2.16. The number of hydrogen-bond acceptors (Lipinski definition) is 4. The fraction of sp³-hybridized carbons (Fsp3) is 0.800. The molecule has 5 nitrogen and oxygen atoms in total. The molecule has 0 radical (unpaired) electrons. The van der Waals surface area contributed by atoms with Crippen molar-refractivity contribution in [2.45, 2.75) is 39.3 Å². The summed E-state index contributed by atoms with van der Waals surface area (Å²) in [6.07, 6.45) is 0.894. The number of nitrogens with two attached hydrogens (primary N) is 1. The van der Waals surface area contributed by atoms with E-state index >= 15 is 0 Å². The second kappa shape index (κ2) is 4.72. The molecule has 1 aromatic heterocycles. The lowest BCUT2D eigenvalue weighted by molar-refractivity contribution is 0.0721. The third kappa shape index (κ3) is 3.28. The Morgan fingerprint density at radius 1 is 1.47 bits per heavy atom. The lowest BCUT2D eigenvalue weighted by Gasteiger charge is -2.21. The van der Waals surface area contributed by atoms with Gasteiger partial charge in [0, 0.05) is 12.6 Å². The first-order valence-corrected chi connectivity index (χ1v) is 5.18. The Balaban J connectivity index is 2.42. The number of ether oxygens (including phenoxy) is 1. The van der Waals surface area contributed by atoms with E-state index in [9.17, 15) is 0 Å². The zero-order chi connectivity index (χ0) is 11.5. The van der Waals surface area contributed by atoms with Crippen LogP contribution in [0.2, 0.25) is 0 Å². The zero-order valence-corrected chi connectivity index (χ0v) is 9.95. The van der Waals surface area contributed by atoms with Crippen LogP contribution < -0.4 is 5.73 Å². The first kappa shape index (κ1) is 12.1. The molecule has 0 aliphatic heterocycles. The molecule has 0 amide bonds. The number of rotatable bonds is 5. The molecule has 1 unspecified atom stereocenters. The third-order valence-corrected chi connectivity index (χ3v) is 2.65. The molecule has 86 valence electrons. The van der Waals surface area contributed by atoms with Crippen LogP contribution >= 0.6 is 0 Å². The van der Waals surface area contributed by atoms with Crippen molar-refractivity contribution < 1.29 is 4.74 Å². The molecule has 0 fully saturated rings. The Bertz CT molecular complexity index is 319. The smallest absolute Gasteiger partial charge is 0.158 e. The van der Waals surface area contributed by atoms with E-state index in [4.69, 9.17) is 10.5 Å². The summed E-state index contributed by atoms with van der Waals surface area (Å²) in [7, 11) is 1.93. The monoisotopic (exact) mass is 212 g/mol. The number of nitrogens with zero attached hydrogens (tertiary/aromatic N) is 3. The maximum Gasteiger partial charge on any atom is 0.158 e. The molecule has 1 atom stereocenters. The van der Waals surface area contributed by atoms with Crippen LogP contribution in [0, 0.1) is 6.92 Å². The van der Waals surface area contributed by atoms with Gasteiger partial charge < -0.3 is 15.0 Å². The van der Waals surface area contributed by atoms with Gasteiger partial charge in [0.25, 0.3) is 0 Å². The lowest BCUT2D eigenvalue weighted by Crippen LogP contribution is -2.40. The standard InChI is InChI=1S/C10H20N4O/c1-5-10(3,11)7-15-6-9-13-12-8(2)14(9)4/h5-7,11H2,1-4H3. The maximum atomic E-state index is 5.96. The van der Waals surface area contributed by atoms with E-state index in [0.29, 0.717) is 13.2 Å². The summed E-state index contributed by atoms with van der Waals surface area (Å²) in [5, 5.41) is 7.96. The molecule has 0 saturated heterocycles. The van der Waals surface area contributed by atoms with E-state index in [0.717, 1.165) is 18.1 Å². The van der Waals surface area contributed by atoms with E-state index < -0.39 is 0 Å². The van der Waals surface area contributed by atoms with Gasteiger partial charge in [-0.05, 0) is 20.3 Å². The summed E-state index contributed by atoms with van der Waals surface area (Å²) in [4.78, 5) is 0. The number of aromatic nitrogens is 3. The summed E-state index contributed by atoms with van der Waals surface area (Å²) in [6.45, 7) is 6.94. The molecule has 2 N–H and O–H groups in total. The van der Waals surface area contributed by atoms with Gasteiger partial charge in [0.15, 0.2) is 5.82 Å². The quantitative estimate of drug-likeness (QED) is 0.782. The molecule has 0 aromatic carbocycles. The van der Waals surface area contributed by atoms with Crippen molar-refractivity contribution in [1.29, 1.82) is 0 Å². The van der Waals surface area contributed by atoms with Crippen molar-refractivity contribution in [1.82, 2.24) is 14.8 Å². The highest BCUT2D eigenvalue weighted by molar-refractivity contribution is 4.90. The van der Waals surface area contributed by atoms with Crippen LogP contribution in [0.25, 0.3) is 0 Å². The van der Waals surface area contributed by atoms with E-state index in [-0.39, 0.29) is 5.54 Å². The summed E-state index contributed by atoms with van der Waals surface area (Å²) in [5.41, 5.74) is 5.70. The SMILES string of the molecule is CCC(C)(N)COCc1nnc(C)n1C. The largest absolute Gasteiger partial charge is 0.372 e. The fourth-order valence-electron chi connectivity index (χ4n) is 1.05. The van der Waals surface area contributed by atoms with Crippen LogP contribution in [0.15, 0.2) is 0 Å². The Kier molecular flexibility index (Phi) is 3.82. The van der Waals surface area contributed by atoms with Gasteiger partial charge in [-0.2, -0.15) is 0 Å². The molecule has 0 spiro atoms. The summed E-state index contributed by atoms with van der Waals surface area (Å²) >= 11 is 0. The van der Waals surface area contributed by atoms with Crippen molar-refractivity contribution in [3.63, 3.8) is 0 Å². The van der Waals surface area contributed by atoms with Crippen LogP contribution in [0.1, 0.15) is 31.9 Å². The topological polar surface area (TPSA) is 66.0 Å². The van der Waals surface area contributed by atoms with Crippen LogP contribution in [0.3, 0.4) is 0 Å². The summed E-state index contributed by atoms with van der Waals surface area (Å²) in [6, 6.07) is 0. The van der Waals surface area contributed by atoms with Crippen LogP contribution in [0.4, 0.5) is 0 Å². The highest BCUT2D eigenvalue weighted by atomic mass is 16.5. The minimum Gasteiger partial charge on any atom is -0.372 e. The maximum absolute atomic E-state index is 5.96. The zero-order valence-electron chi connectivity index (χ0n) is 9.95. The lowest BCUT2D eigenvalue weighted by atomic mass is 10.0. The molecular weight excluding hydrogens is 192 g/mol. The van der Waals surface area contributed by atoms with Crippen molar-refractivity contribution >= 4 is 0 Å². The predicted molar refractivity (Wildman–Crippen MR) is 58.3 cm³/mol. The molecule has 15 heavy (non-hydrogen) atoms. The average Bonchev–Trinajstić information content (AvgIpc) is 2.49. The molecule has 1 heterocycles. The Labute approximate surface area is 90.6 Å². The molecule has 0 aliphatic rings. The van der Waals surface area contributed by atoms with Gasteiger partial charge in [0.05, 0.1) is 6.61 Å². The van der Waals surface area contributed by atoms with Gasteiger partial charge in [-0.15, -0.1) is 10.2 Å². The molecule has 1 aromatic rings. The van der Waals surface area contributed by atoms with Crippen LogP contribution in [-0.2, 0) is 18.4 Å². The van der Waals surface area contributed by atoms with Gasteiger partial charge in [0.2, 0.25) is 0 Å². The normalized spacial score (nSPS) is 15.3. The van der Waals surface area contributed by atoms with Gasteiger partial charge in [-0.1, -0.05) is 6.92 Å². The molecule has 5 heteroatoms. The van der Waals surface area contributed by atoms with E-state index in [1.165, 1.54) is 0 Å². The number of aryl methyl sites for hydroxylation is 1. The van der Waals surface area contributed by atoms with Gasteiger partial charge in [0.1, 0.15) is 12.4 Å². The molecule has 0 aliphatic carbocycles. The van der Waals surface area contributed by atoms with Gasteiger partial charge in [-0.3, -0.25) is 0 Å². The first-order valence-electron chi connectivity index (χ1n) is 5.18. The average molecular weight is 212 g/mol. The minimum absolute atomic E-state index is 0.256. The summed E-state index contributed by atoms with van der Waals surface area (Å²) < 4.78 is 7.44. The minimum atomic E-state index is -0.256. The second-order valence-electron chi connectivity index (χ2n) is 4.22. The van der Waals surface area contributed by atoms with Crippen molar-refractivity contribution in [3.05, 3.63) is 11.6 Å². The van der Waals surface area contributed by atoms with Crippen LogP contribution in [-0.4, -0.2) is 26.9 Å². The van der Waals surface area contributed by atoms with Crippen LogP contribution in [0.5, 0.6) is 0 Å². The van der Waals surface area contributed by atoms with Crippen molar-refractivity contribution in [3.8, 4) is 0 Å². The first-order chi connectivity index (χ1) is 6.96. The molecular formula is C10H20N4O. The third-order valence-electron chi connectivity index (χ3n) is 2.65. The van der Waals surface area contributed by atoms with E-state index in [2.05, 4.69) is 17.1 Å². The van der Waals surface area contributed by atoms with Gasteiger partial charge >= 0.3 is 0 Å². The molecule has 0 bridgehead atoms. The fourth-order valence-corrected chi connectivity index (χ4v) is 1.05. The summed E-state index contributed by atoms with van der Waals surface area (Å²) in [5.74, 6) is 1.72.